The summed E-state index contributed by atoms with van der Waals surface area (Å²) in [6.45, 7) is 46.0. The maximum atomic E-state index is 6.08. The van der Waals surface area contributed by atoms with Gasteiger partial charge in [-0.1, -0.05) is 117 Å². The molecular formula is C54H99F3O6S3. The summed E-state index contributed by atoms with van der Waals surface area (Å²) in [6, 6.07) is 32.3. The van der Waals surface area contributed by atoms with Crippen LogP contribution in [-0.4, -0.2) is 86.5 Å². The van der Waals surface area contributed by atoms with E-state index >= 15 is 0 Å². The van der Waals surface area contributed by atoms with E-state index in [0.29, 0.717) is 0 Å². The molecule has 0 aliphatic heterocycles. The molecule has 0 saturated carbocycles. The van der Waals surface area contributed by atoms with Crippen molar-refractivity contribution in [2.45, 2.75) is 211 Å². The van der Waals surface area contributed by atoms with Crippen molar-refractivity contribution in [3.8, 4) is 0 Å². The lowest BCUT2D eigenvalue weighted by Crippen LogP contribution is -2.33. The molecule has 0 aliphatic rings. The Morgan fingerprint density at radius 3 is 0.530 bits per heavy atom. The largest absolute Gasteiger partial charge is 0.369 e. The molecule has 0 bridgehead atoms. The Morgan fingerprint density at radius 1 is 0.288 bits per heavy atom. The van der Waals surface area contributed by atoms with Gasteiger partial charge in [-0.15, -0.1) is 0 Å². The highest BCUT2D eigenvalue weighted by molar-refractivity contribution is 8.35. The molecule has 0 aliphatic carbocycles. The van der Waals surface area contributed by atoms with Crippen LogP contribution >= 0.6 is 30.1 Å². The van der Waals surface area contributed by atoms with E-state index in [1.807, 2.05) is 0 Å². The summed E-state index contributed by atoms with van der Waals surface area (Å²) in [5.74, 6) is 4.53. The van der Waals surface area contributed by atoms with Crippen LogP contribution in [0.2, 0.25) is 0 Å². The molecule has 0 spiro atoms. The highest BCUT2D eigenvalue weighted by Gasteiger charge is 2.42. The highest BCUT2D eigenvalue weighted by Crippen LogP contribution is 2.67. The fourth-order valence-electron chi connectivity index (χ4n) is 6.19. The first-order valence-electron chi connectivity index (χ1n) is 23.3. The van der Waals surface area contributed by atoms with Crippen molar-refractivity contribution in [1.29, 1.82) is 0 Å². The lowest BCUT2D eigenvalue weighted by Gasteiger charge is -2.50. The van der Waals surface area contributed by atoms with E-state index in [-0.39, 0.29) is 65.0 Å². The lowest BCUT2D eigenvalue weighted by molar-refractivity contribution is 0.101. The second kappa shape index (κ2) is 31.5. The number of halogens is 3. The number of hydrogen-bond donors (Lipinski definition) is 0. The van der Waals surface area contributed by atoms with Crippen LogP contribution in [0, 0.1) is 0 Å². The summed E-state index contributed by atoms with van der Waals surface area (Å²) >= 11 is 0. The third-order valence-corrected chi connectivity index (χ3v) is 24.5. The van der Waals surface area contributed by atoms with Crippen molar-refractivity contribution in [1.82, 2.24) is 0 Å². The smallest absolute Gasteiger partial charge is 0.0834 e. The Morgan fingerprint density at radius 2 is 0.424 bits per heavy atom. The van der Waals surface area contributed by atoms with Gasteiger partial charge in [-0.25, -0.2) is 0 Å². The van der Waals surface area contributed by atoms with Crippen LogP contribution in [0.15, 0.2) is 106 Å². The maximum absolute atomic E-state index is 6.08. The summed E-state index contributed by atoms with van der Waals surface area (Å²) in [5.41, 5.74) is 0. The van der Waals surface area contributed by atoms with Crippen molar-refractivity contribution >= 4 is 30.1 Å². The van der Waals surface area contributed by atoms with Gasteiger partial charge in [0.05, 0.1) is 72.3 Å². The van der Waals surface area contributed by atoms with Gasteiger partial charge in [0.25, 0.3) is 0 Å². The molecule has 3 aromatic carbocycles. The Balaban J connectivity index is -0.000000882. The summed E-state index contributed by atoms with van der Waals surface area (Å²) in [7, 11) is -3.68. The number of ether oxygens (including phenoxy) is 6. The molecule has 0 amide bonds. The van der Waals surface area contributed by atoms with Crippen molar-refractivity contribution in [3.63, 3.8) is 0 Å². The zero-order chi connectivity index (χ0) is 48.3. The van der Waals surface area contributed by atoms with E-state index in [2.05, 4.69) is 236 Å². The van der Waals surface area contributed by atoms with Crippen LogP contribution in [0.25, 0.3) is 0 Å². The Labute approximate surface area is 408 Å². The van der Waals surface area contributed by atoms with Crippen LogP contribution in [-0.2, 0) is 28.4 Å². The predicted molar refractivity (Wildman–Crippen MR) is 290 cm³/mol. The van der Waals surface area contributed by atoms with Gasteiger partial charge < -0.3 is 28.4 Å². The molecule has 0 saturated heterocycles. The molecule has 3 rings (SSSR count). The molecule has 12 heteroatoms. The van der Waals surface area contributed by atoms with Crippen molar-refractivity contribution < 1.29 is 42.5 Å². The second-order valence-electron chi connectivity index (χ2n) is 20.9. The van der Waals surface area contributed by atoms with Crippen LogP contribution < -0.4 is 0 Å². The van der Waals surface area contributed by atoms with Gasteiger partial charge in [0, 0.05) is 0 Å². The Kier molecular flexibility index (Phi) is 32.7. The van der Waals surface area contributed by atoms with Gasteiger partial charge in [-0.05, 0) is 148 Å². The third kappa shape index (κ3) is 21.9. The first kappa shape index (κ1) is 68.5. The minimum Gasteiger partial charge on any atom is -0.369 e. The van der Waals surface area contributed by atoms with Crippen LogP contribution in [0.1, 0.15) is 145 Å². The van der Waals surface area contributed by atoms with Gasteiger partial charge in [-0.3, -0.25) is 14.1 Å². The van der Waals surface area contributed by atoms with Crippen LogP contribution in [0.5, 0.6) is 0 Å². The van der Waals surface area contributed by atoms with Gasteiger partial charge in [0.1, 0.15) is 0 Å². The fourth-order valence-corrected chi connectivity index (χ4v) is 16.5. The molecule has 3 aromatic rings. The molecule has 0 radical (unpaired) electrons. The maximum Gasteiger partial charge on any atom is 0.0834 e. The summed E-state index contributed by atoms with van der Waals surface area (Å²) in [4.78, 5) is 4.12. The zero-order valence-electron chi connectivity index (χ0n) is 45.3. The van der Waals surface area contributed by atoms with E-state index in [0.717, 1.165) is 35.6 Å². The predicted octanol–water partition coefficient (Wildman–Crippen LogP) is 16.7. The average Bonchev–Trinajstić information content (AvgIpc) is 3.18. The van der Waals surface area contributed by atoms with E-state index in [9.17, 15) is 0 Å². The summed E-state index contributed by atoms with van der Waals surface area (Å²) in [5, 5.41) is 0. The molecule has 6 nitrogen and oxygen atoms in total. The number of benzene rings is 3. The molecule has 0 atom stereocenters. The molecular weight excluding hydrogens is 898 g/mol. The Bertz CT molecular complexity index is 1400. The molecule has 390 valence electrons. The quantitative estimate of drug-likeness (QED) is 0.106. The van der Waals surface area contributed by atoms with Crippen molar-refractivity contribution in [2.75, 3.05) is 35.6 Å². The molecule has 66 heavy (non-hydrogen) atoms. The van der Waals surface area contributed by atoms with Gasteiger partial charge in [0.15, 0.2) is 0 Å². The summed E-state index contributed by atoms with van der Waals surface area (Å²) in [6.07, 6.45) is 1.43. The van der Waals surface area contributed by atoms with Crippen molar-refractivity contribution in [3.05, 3.63) is 91.0 Å². The monoisotopic (exact) mass is 997 g/mol. The first-order valence-corrected chi connectivity index (χ1v) is 29.2. The highest BCUT2D eigenvalue weighted by atomic mass is 32.3. The van der Waals surface area contributed by atoms with E-state index < -0.39 is 30.1 Å². The first-order chi connectivity index (χ1) is 29.1. The molecule has 0 aromatic heterocycles. The molecule has 0 heterocycles. The number of rotatable bonds is 21. The minimum atomic E-state index is -1.23. The van der Waals surface area contributed by atoms with Crippen LogP contribution in [0.3, 0.4) is 0 Å². The van der Waals surface area contributed by atoms with Crippen LogP contribution in [0.4, 0.5) is 14.1 Å². The third-order valence-electron chi connectivity index (χ3n) is 10.7. The van der Waals surface area contributed by atoms with E-state index in [4.69, 9.17) is 28.4 Å². The molecule has 0 N–H and O–H groups in total. The zero-order valence-corrected chi connectivity index (χ0v) is 47.7. The normalized spacial score (nSPS) is 13.3. The van der Waals surface area contributed by atoms with Crippen molar-refractivity contribution in [2.24, 2.45) is 0 Å². The van der Waals surface area contributed by atoms with E-state index in [1.165, 1.54) is 14.7 Å². The average molecular weight is 998 g/mol. The fraction of sp³-hybridized carbons (Fsp3) is 0.667. The topological polar surface area (TPSA) is 55.4 Å². The van der Waals surface area contributed by atoms with Gasteiger partial charge in [0.2, 0.25) is 0 Å². The lowest BCUT2D eigenvalue weighted by atomic mass is 10.3. The van der Waals surface area contributed by atoms with Gasteiger partial charge >= 0.3 is 0 Å². The minimum absolute atomic E-state index is 0. The second-order valence-corrected chi connectivity index (χ2v) is 32.7. The SMILES string of the molecule is CC(C)OCS(COC(C)C)(c1ccccc1)C(C)(C)C.CC(C)OCS(COC(C)C)(c1ccccc1)C(C)(C)C.CC(C)OCS(COC(C)C)(c1ccccc1)C(C)(C)C.F.F.F. The molecule has 0 fully saturated rings. The number of hydrogen-bond acceptors (Lipinski definition) is 6. The van der Waals surface area contributed by atoms with Gasteiger partial charge in [-0.2, -0.15) is 30.1 Å². The Hall–Kier alpha value is -1.74. The van der Waals surface area contributed by atoms with E-state index in [1.54, 1.807) is 0 Å². The standard InChI is InChI=1S/3C18H32O2S.3FH/c3*1-15(2)19-13-21(18(5,6)7,14-20-16(3)4)17-11-9-8-10-12-17;;;/h3*8-12,15-16H,13-14H2,1-7H3;3*1H. The summed E-state index contributed by atoms with van der Waals surface area (Å²) < 4.78 is 36.8. The molecule has 0 unspecified atom stereocenters.